The Kier molecular flexibility index (Phi) is 6.24. The van der Waals surface area contributed by atoms with E-state index in [1.54, 1.807) is 24.3 Å². The number of carbonyl (C=O) groups is 2. The van der Waals surface area contributed by atoms with E-state index in [4.69, 9.17) is 15.5 Å². The average molecular weight is 475 g/mol. The fourth-order valence-corrected chi connectivity index (χ4v) is 4.76. The molecule has 1 aliphatic heterocycles. The summed E-state index contributed by atoms with van der Waals surface area (Å²) in [6, 6.07) is 10.6. The largest absolute Gasteiger partial charge is 0.573 e. The summed E-state index contributed by atoms with van der Waals surface area (Å²) in [5, 5.41) is 0. The molecule has 2 aliphatic rings. The summed E-state index contributed by atoms with van der Waals surface area (Å²) in [5.41, 5.74) is 5.69. The van der Waals surface area contributed by atoms with Gasteiger partial charge in [0.1, 0.15) is 28.9 Å². The van der Waals surface area contributed by atoms with Crippen molar-refractivity contribution in [2.75, 3.05) is 7.11 Å². The van der Waals surface area contributed by atoms with Gasteiger partial charge in [-0.25, -0.2) is 0 Å². The van der Waals surface area contributed by atoms with Crippen LogP contribution in [0.25, 0.3) is 0 Å². The maximum absolute atomic E-state index is 13.7. The number of rotatable bonds is 6. The molecule has 0 aromatic heterocycles. The number of hydrogen-bond donors (Lipinski definition) is 1. The van der Waals surface area contributed by atoms with Gasteiger partial charge in [-0.3, -0.25) is 19.5 Å². The molecule has 2 aromatic carbocycles. The lowest BCUT2D eigenvalue weighted by molar-refractivity contribution is -0.274. The minimum atomic E-state index is -4.82. The zero-order valence-corrected chi connectivity index (χ0v) is 18.5. The molecule has 4 rings (SSSR count). The Balaban J connectivity index is 1.77. The van der Waals surface area contributed by atoms with Crippen LogP contribution in [0.5, 0.6) is 11.5 Å². The van der Waals surface area contributed by atoms with Crippen molar-refractivity contribution in [3.05, 3.63) is 59.7 Å². The Hall–Kier alpha value is -3.56. The monoisotopic (exact) mass is 475 g/mol. The molecule has 2 N–H and O–H groups in total. The number of hydrogen-bond acceptors (Lipinski definition) is 5. The number of halogens is 3. The predicted molar refractivity (Wildman–Crippen MR) is 117 cm³/mol. The van der Waals surface area contributed by atoms with Gasteiger partial charge in [-0.15, -0.1) is 13.2 Å². The Bertz CT molecular complexity index is 1110. The first-order valence-electron chi connectivity index (χ1n) is 10.9. The molecule has 1 heterocycles. The van der Waals surface area contributed by atoms with Crippen molar-refractivity contribution in [3.8, 4) is 11.5 Å². The number of methoxy groups -OCH3 is 1. The van der Waals surface area contributed by atoms with Gasteiger partial charge < -0.3 is 15.2 Å². The van der Waals surface area contributed by atoms with Crippen LogP contribution in [0.2, 0.25) is 0 Å². The zero-order valence-electron chi connectivity index (χ0n) is 18.5. The van der Waals surface area contributed by atoms with E-state index in [0.717, 1.165) is 31.4 Å². The van der Waals surface area contributed by atoms with E-state index in [-0.39, 0.29) is 5.71 Å². The number of amides is 2. The quantitative estimate of drug-likeness (QED) is 0.680. The molecule has 2 aromatic rings. The molecule has 10 heteroatoms. The molecule has 1 saturated carbocycles. The van der Waals surface area contributed by atoms with Crippen LogP contribution in [-0.4, -0.2) is 41.6 Å². The van der Waals surface area contributed by atoms with E-state index < -0.39 is 35.6 Å². The lowest BCUT2D eigenvalue weighted by atomic mass is 9.86. The first kappa shape index (κ1) is 23.6. The number of alkyl halides is 3. The van der Waals surface area contributed by atoms with Gasteiger partial charge in [0.2, 0.25) is 5.91 Å². The van der Waals surface area contributed by atoms with Gasteiger partial charge in [-0.1, -0.05) is 24.6 Å². The second kappa shape index (κ2) is 9.00. The SMILES string of the molecule is COc1ccccc1C(C(N)=O)N1C(=O)C(c2ccc(OC(F)(F)F)cc2)=NC12CCCCC2. The van der Waals surface area contributed by atoms with Crippen molar-refractivity contribution >= 4 is 17.5 Å². The Morgan fingerprint density at radius 3 is 2.32 bits per heavy atom. The van der Waals surface area contributed by atoms with Crippen LogP contribution in [0.1, 0.15) is 49.3 Å². The predicted octanol–water partition coefficient (Wildman–Crippen LogP) is 4.11. The second-order valence-electron chi connectivity index (χ2n) is 8.30. The maximum atomic E-state index is 13.7. The molecule has 1 unspecified atom stereocenters. The molecule has 180 valence electrons. The Morgan fingerprint density at radius 2 is 1.74 bits per heavy atom. The maximum Gasteiger partial charge on any atom is 0.573 e. The van der Waals surface area contributed by atoms with Gasteiger partial charge in [-0.05, 0) is 56.0 Å². The average Bonchev–Trinajstić information content (AvgIpc) is 3.06. The summed E-state index contributed by atoms with van der Waals surface area (Å²) < 4.78 is 46.9. The molecule has 0 radical (unpaired) electrons. The summed E-state index contributed by atoms with van der Waals surface area (Å²) in [7, 11) is 1.46. The standard InChI is InChI=1S/C24H24F3N3O4/c1-33-18-8-4-3-7-17(18)20(21(28)31)30-22(32)19(29-23(30)13-5-2-6-14-23)15-9-11-16(12-10-15)34-24(25,26)27/h3-4,7-12,20H,2,5-6,13-14H2,1H3,(H2,28,31). The lowest BCUT2D eigenvalue weighted by Crippen LogP contribution is -2.53. The number of nitrogens with zero attached hydrogens (tertiary/aromatic N) is 2. The van der Waals surface area contributed by atoms with Gasteiger partial charge in [0.25, 0.3) is 5.91 Å². The molecule has 1 atom stereocenters. The van der Waals surface area contributed by atoms with Crippen molar-refractivity contribution in [3.63, 3.8) is 0 Å². The minimum Gasteiger partial charge on any atom is -0.496 e. The molecule has 0 saturated heterocycles. The fraction of sp³-hybridized carbons (Fsp3) is 0.375. The van der Waals surface area contributed by atoms with Crippen molar-refractivity contribution in [2.24, 2.45) is 10.7 Å². The highest BCUT2D eigenvalue weighted by Crippen LogP contribution is 2.45. The highest BCUT2D eigenvalue weighted by atomic mass is 19.4. The molecule has 34 heavy (non-hydrogen) atoms. The number of para-hydroxylation sites is 1. The summed E-state index contributed by atoms with van der Waals surface area (Å²) in [5.74, 6) is -1.24. The van der Waals surface area contributed by atoms with Crippen molar-refractivity contribution < 1.29 is 32.2 Å². The topological polar surface area (TPSA) is 94.2 Å². The third kappa shape index (κ3) is 4.44. The number of nitrogens with two attached hydrogens (primary N) is 1. The first-order valence-corrected chi connectivity index (χ1v) is 10.9. The van der Waals surface area contributed by atoms with E-state index in [1.807, 2.05) is 0 Å². The highest BCUT2D eigenvalue weighted by molar-refractivity contribution is 6.47. The zero-order chi connectivity index (χ0) is 24.5. The van der Waals surface area contributed by atoms with E-state index in [2.05, 4.69) is 4.74 Å². The number of benzene rings is 2. The molecule has 1 aliphatic carbocycles. The number of carbonyl (C=O) groups excluding carboxylic acids is 2. The molecule has 0 bridgehead atoms. The van der Waals surface area contributed by atoms with Crippen LogP contribution in [0.15, 0.2) is 53.5 Å². The van der Waals surface area contributed by atoms with Crippen LogP contribution in [0.4, 0.5) is 13.2 Å². The van der Waals surface area contributed by atoms with E-state index in [1.165, 1.54) is 24.1 Å². The summed E-state index contributed by atoms with van der Waals surface area (Å²) >= 11 is 0. The van der Waals surface area contributed by atoms with E-state index in [0.29, 0.717) is 29.7 Å². The third-order valence-corrected chi connectivity index (χ3v) is 6.17. The molecular formula is C24H24F3N3O4. The second-order valence-corrected chi connectivity index (χ2v) is 8.30. The Morgan fingerprint density at radius 1 is 1.09 bits per heavy atom. The molecule has 1 spiro atoms. The van der Waals surface area contributed by atoms with Crippen LogP contribution < -0.4 is 15.2 Å². The fourth-order valence-electron chi connectivity index (χ4n) is 4.76. The first-order chi connectivity index (χ1) is 16.1. The normalized spacial score (nSPS) is 18.5. The van der Waals surface area contributed by atoms with Crippen LogP contribution in [0.3, 0.4) is 0 Å². The van der Waals surface area contributed by atoms with Gasteiger partial charge >= 0.3 is 6.36 Å². The van der Waals surface area contributed by atoms with Crippen LogP contribution in [-0.2, 0) is 9.59 Å². The highest BCUT2D eigenvalue weighted by Gasteiger charge is 2.52. The molecule has 2 amide bonds. The minimum absolute atomic E-state index is 0.0709. The molecule has 7 nitrogen and oxygen atoms in total. The lowest BCUT2D eigenvalue weighted by Gasteiger charge is -2.42. The summed E-state index contributed by atoms with van der Waals surface area (Å²) in [4.78, 5) is 32.7. The van der Waals surface area contributed by atoms with E-state index >= 15 is 0 Å². The Labute approximate surface area is 194 Å². The summed E-state index contributed by atoms with van der Waals surface area (Å²) in [6.07, 6.45) is -1.18. The summed E-state index contributed by atoms with van der Waals surface area (Å²) in [6.45, 7) is 0. The molecular weight excluding hydrogens is 451 g/mol. The number of ether oxygens (including phenoxy) is 2. The molecule has 1 fully saturated rings. The van der Waals surface area contributed by atoms with Crippen molar-refractivity contribution in [1.29, 1.82) is 0 Å². The number of primary amides is 1. The van der Waals surface area contributed by atoms with Crippen molar-refractivity contribution in [1.82, 2.24) is 4.90 Å². The van der Waals surface area contributed by atoms with Crippen LogP contribution >= 0.6 is 0 Å². The van der Waals surface area contributed by atoms with Gasteiger partial charge in [0.15, 0.2) is 0 Å². The third-order valence-electron chi connectivity index (χ3n) is 6.17. The number of aliphatic imine (C=N–C) groups is 1. The van der Waals surface area contributed by atoms with Gasteiger partial charge in [0, 0.05) is 11.1 Å². The van der Waals surface area contributed by atoms with Crippen molar-refractivity contribution in [2.45, 2.75) is 50.2 Å². The van der Waals surface area contributed by atoms with E-state index in [9.17, 15) is 22.8 Å². The van der Waals surface area contributed by atoms with Gasteiger partial charge in [-0.2, -0.15) is 0 Å². The smallest absolute Gasteiger partial charge is 0.496 e. The van der Waals surface area contributed by atoms with Gasteiger partial charge in [0.05, 0.1) is 7.11 Å². The van der Waals surface area contributed by atoms with Crippen LogP contribution in [0, 0.1) is 0 Å².